The number of thiazole rings is 1. The fraction of sp³-hybridized carbons (Fsp3) is 0.333. The van der Waals surface area contributed by atoms with Crippen LogP contribution in [0.2, 0.25) is 0 Å². The maximum atomic E-state index is 12.6. The number of tetrazole rings is 1. The molecule has 1 aliphatic carbocycles. The summed E-state index contributed by atoms with van der Waals surface area (Å²) in [5.74, 6) is 0.445. The predicted molar refractivity (Wildman–Crippen MR) is 144 cm³/mol. The van der Waals surface area contributed by atoms with Gasteiger partial charge in [-0.3, -0.25) is 9.59 Å². The fourth-order valence-electron chi connectivity index (χ4n) is 4.01. The van der Waals surface area contributed by atoms with Gasteiger partial charge in [-0.05, 0) is 53.6 Å². The number of carbonyl (C=O) groups excluding carboxylic acids is 2. The van der Waals surface area contributed by atoms with Crippen molar-refractivity contribution in [3.05, 3.63) is 48.5 Å². The summed E-state index contributed by atoms with van der Waals surface area (Å²) in [7, 11) is 0. The number of amides is 2. The molecule has 0 aliphatic heterocycles. The van der Waals surface area contributed by atoms with E-state index in [1.807, 2.05) is 48.5 Å². The first-order valence-electron chi connectivity index (χ1n) is 11.7. The molecule has 0 unspecified atom stereocenters. The van der Waals surface area contributed by atoms with Gasteiger partial charge in [-0.1, -0.05) is 61.0 Å². The minimum absolute atomic E-state index is 0.0647. The van der Waals surface area contributed by atoms with Crippen LogP contribution in [0.5, 0.6) is 0 Å². The third-order valence-electron chi connectivity index (χ3n) is 5.72. The van der Waals surface area contributed by atoms with Crippen LogP contribution in [0, 0.1) is 0 Å². The van der Waals surface area contributed by atoms with Gasteiger partial charge in [0.05, 0.1) is 27.4 Å². The molecule has 1 saturated carbocycles. The zero-order valence-electron chi connectivity index (χ0n) is 19.4. The van der Waals surface area contributed by atoms with Crippen LogP contribution in [0.4, 0.5) is 5.69 Å². The number of benzene rings is 2. The van der Waals surface area contributed by atoms with Crippen LogP contribution in [0.3, 0.4) is 0 Å². The lowest BCUT2D eigenvalue weighted by molar-refractivity contribution is -0.119. The van der Waals surface area contributed by atoms with Crippen molar-refractivity contribution in [2.24, 2.45) is 0 Å². The Morgan fingerprint density at radius 1 is 1.00 bits per heavy atom. The van der Waals surface area contributed by atoms with Crippen molar-refractivity contribution in [1.82, 2.24) is 30.5 Å². The molecule has 1 fully saturated rings. The molecule has 1 aliphatic rings. The smallest absolute Gasteiger partial charge is 0.234 e. The van der Waals surface area contributed by atoms with E-state index < -0.39 is 0 Å². The highest BCUT2D eigenvalue weighted by molar-refractivity contribution is 8.01. The highest BCUT2D eigenvalue weighted by atomic mass is 32.2. The lowest BCUT2D eigenvalue weighted by atomic mass is 9.95. The molecule has 2 heterocycles. The fourth-order valence-corrected chi connectivity index (χ4v) is 6.62. The average Bonchev–Trinajstić information content (AvgIpc) is 3.54. The van der Waals surface area contributed by atoms with Crippen LogP contribution < -0.4 is 10.6 Å². The van der Waals surface area contributed by atoms with Gasteiger partial charge in [-0.2, -0.15) is 4.68 Å². The number of rotatable bonds is 9. The van der Waals surface area contributed by atoms with Crippen LogP contribution in [-0.4, -0.2) is 54.6 Å². The largest absolute Gasteiger partial charge is 0.353 e. The SMILES string of the molecule is O=C(CSc1nnnn1-c1ccccc1)Nc1ccc2nc(SCC(=O)NC3CCCCC3)sc2c1. The number of thioether (sulfide) groups is 2. The summed E-state index contributed by atoms with van der Waals surface area (Å²) in [4.78, 5) is 29.5. The maximum Gasteiger partial charge on any atom is 0.234 e. The highest BCUT2D eigenvalue weighted by Gasteiger charge is 2.17. The molecule has 2 aromatic heterocycles. The summed E-state index contributed by atoms with van der Waals surface area (Å²) in [6.45, 7) is 0. The van der Waals surface area contributed by atoms with Crippen molar-refractivity contribution < 1.29 is 9.59 Å². The molecule has 12 heteroatoms. The van der Waals surface area contributed by atoms with Crippen molar-refractivity contribution in [3.63, 3.8) is 0 Å². The second-order valence-corrected chi connectivity index (χ2v) is 11.6. The number of hydrogen-bond donors (Lipinski definition) is 2. The minimum Gasteiger partial charge on any atom is -0.353 e. The number of aromatic nitrogens is 5. The van der Waals surface area contributed by atoms with E-state index in [1.165, 1.54) is 54.1 Å². The Labute approximate surface area is 220 Å². The summed E-state index contributed by atoms with van der Waals surface area (Å²) in [6.07, 6.45) is 5.81. The molecule has 2 N–H and O–H groups in total. The molecule has 0 bridgehead atoms. The van der Waals surface area contributed by atoms with Crippen LogP contribution in [0.25, 0.3) is 15.9 Å². The molecule has 9 nitrogen and oxygen atoms in total. The van der Waals surface area contributed by atoms with Gasteiger partial charge < -0.3 is 10.6 Å². The standard InChI is InChI=1S/C24H25N7O2S3/c32-21(14-34-23-28-29-30-31(23)18-9-5-2-6-10-18)26-17-11-12-19-20(13-17)36-24(27-19)35-15-22(33)25-16-7-3-1-4-8-16/h2,5-6,9-13,16H,1,3-4,7-8,14-15H2,(H,25,33)(H,26,32). The third kappa shape index (κ3) is 6.42. The highest BCUT2D eigenvalue weighted by Crippen LogP contribution is 2.31. The van der Waals surface area contributed by atoms with E-state index in [1.54, 1.807) is 4.68 Å². The number of anilines is 1. The van der Waals surface area contributed by atoms with Crippen LogP contribution in [-0.2, 0) is 9.59 Å². The van der Waals surface area contributed by atoms with Crippen LogP contribution in [0.15, 0.2) is 58.0 Å². The van der Waals surface area contributed by atoms with Gasteiger partial charge in [0.25, 0.3) is 0 Å². The van der Waals surface area contributed by atoms with Gasteiger partial charge in [0.1, 0.15) is 0 Å². The first-order valence-corrected chi connectivity index (χ1v) is 14.5. The Balaban J connectivity index is 1.13. The normalized spacial score (nSPS) is 14.1. The summed E-state index contributed by atoms with van der Waals surface area (Å²) in [5, 5.41) is 18.4. The molecule has 0 spiro atoms. The Bertz CT molecular complexity index is 1340. The quantitative estimate of drug-likeness (QED) is 0.298. The summed E-state index contributed by atoms with van der Waals surface area (Å²) < 4.78 is 3.41. The second kappa shape index (κ2) is 11.8. The molecule has 0 atom stereocenters. The van der Waals surface area contributed by atoms with E-state index in [4.69, 9.17) is 0 Å². The van der Waals surface area contributed by atoms with Crippen LogP contribution >= 0.6 is 34.9 Å². The molecule has 36 heavy (non-hydrogen) atoms. The monoisotopic (exact) mass is 539 g/mol. The lowest BCUT2D eigenvalue weighted by Gasteiger charge is -2.22. The first-order chi connectivity index (χ1) is 17.6. The van der Waals surface area contributed by atoms with E-state index in [9.17, 15) is 9.59 Å². The Morgan fingerprint density at radius 2 is 1.81 bits per heavy atom. The number of fused-ring (bicyclic) bond motifs is 1. The van der Waals surface area contributed by atoms with Gasteiger partial charge in [0.2, 0.25) is 17.0 Å². The Morgan fingerprint density at radius 3 is 2.64 bits per heavy atom. The second-order valence-electron chi connectivity index (χ2n) is 8.40. The summed E-state index contributed by atoms with van der Waals surface area (Å²) in [6, 6.07) is 15.5. The number of carbonyl (C=O) groups is 2. The molecule has 0 saturated heterocycles. The predicted octanol–water partition coefficient (Wildman–Crippen LogP) is 4.54. The van der Waals surface area contributed by atoms with Gasteiger partial charge >= 0.3 is 0 Å². The molecule has 2 aromatic carbocycles. The maximum absolute atomic E-state index is 12.6. The topological polar surface area (TPSA) is 115 Å². The Hall–Kier alpha value is -2.96. The van der Waals surface area contributed by atoms with E-state index in [2.05, 4.69) is 31.1 Å². The molecule has 5 rings (SSSR count). The molecule has 2 amide bonds. The van der Waals surface area contributed by atoms with Crippen molar-refractivity contribution >= 4 is 62.6 Å². The van der Waals surface area contributed by atoms with E-state index in [-0.39, 0.29) is 17.6 Å². The number of para-hydroxylation sites is 1. The van der Waals surface area contributed by atoms with E-state index in [0.29, 0.717) is 22.6 Å². The van der Waals surface area contributed by atoms with E-state index in [0.717, 1.165) is 33.1 Å². The third-order valence-corrected chi connectivity index (χ3v) is 8.80. The van der Waals surface area contributed by atoms with Crippen LogP contribution in [0.1, 0.15) is 32.1 Å². The minimum atomic E-state index is -0.152. The average molecular weight is 540 g/mol. The molecular weight excluding hydrogens is 515 g/mol. The van der Waals surface area contributed by atoms with Gasteiger partial charge in [0.15, 0.2) is 4.34 Å². The van der Waals surface area contributed by atoms with Gasteiger partial charge in [-0.15, -0.1) is 16.4 Å². The first kappa shape index (κ1) is 24.7. The molecular formula is C24H25N7O2S3. The van der Waals surface area contributed by atoms with E-state index >= 15 is 0 Å². The zero-order valence-corrected chi connectivity index (χ0v) is 21.9. The Kier molecular flexibility index (Phi) is 8.14. The van der Waals surface area contributed by atoms with Crippen molar-refractivity contribution in [3.8, 4) is 5.69 Å². The van der Waals surface area contributed by atoms with Gasteiger partial charge in [-0.25, -0.2) is 4.98 Å². The zero-order chi connectivity index (χ0) is 24.7. The van der Waals surface area contributed by atoms with Gasteiger partial charge in [0, 0.05) is 11.7 Å². The molecule has 4 aromatic rings. The molecule has 0 radical (unpaired) electrons. The number of nitrogens with one attached hydrogen (secondary N) is 2. The summed E-state index contributed by atoms with van der Waals surface area (Å²) >= 11 is 4.24. The van der Waals surface area contributed by atoms with Crippen molar-refractivity contribution in [2.75, 3.05) is 16.8 Å². The lowest BCUT2D eigenvalue weighted by Crippen LogP contribution is -2.37. The summed E-state index contributed by atoms with van der Waals surface area (Å²) in [5.41, 5.74) is 2.39. The van der Waals surface area contributed by atoms with Crippen molar-refractivity contribution in [1.29, 1.82) is 0 Å². The molecule has 186 valence electrons. The number of hydrogen-bond acceptors (Lipinski definition) is 9. The number of nitrogens with zero attached hydrogens (tertiary/aromatic N) is 5. The van der Waals surface area contributed by atoms with Crippen molar-refractivity contribution in [2.45, 2.75) is 47.6 Å².